The van der Waals surface area contributed by atoms with Crippen molar-refractivity contribution in [2.75, 3.05) is 26.2 Å². The van der Waals surface area contributed by atoms with Gasteiger partial charge in [-0.05, 0) is 30.3 Å². The maximum Gasteiger partial charge on any atom is 0.243 e. The minimum Gasteiger partial charge on any atom is -0.207 e. The first kappa shape index (κ1) is 18.9. The molecule has 0 aliphatic carbocycles. The van der Waals surface area contributed by atoms with E-state index in [-0.39, 0.29) is 36.0 Å². The molecule has 0 radical (unpaired) electrons. The van der Waals surface area contributed by atoms with Crippen LogP contribution in [0, 0.1) is 11.6 Å². The fraction of sp³-hybridized carbons (Fsp3) is 0.250. The first-order valence-corrected chi connectivity index (χ1v) is 10.6. The van der Waals surface area contributed by atoms with Crippen molar-refractivity contribution < 1.29 is 25.6 Å². The topological polar surface area (TPSA) is 74.8 Å². The third kappa shape index (κ3) is 3.50. The quantitative estimate of drug-likeness (QED) is 0.780. The van der Waals surface area contributed by atoms with Crippen LogP contribution < -0.4 is 0 Å². The van der Waals surface area contributed by atoms with Crippen LogP contribution in [0.5, 0.6) is 0 Å². The van der Waals surface area contributed by atoms with Gasteiger partial charge in [-0.2, -0.15) is 8.61 Å². The van der Waals surface area contributed by atoms with E-state index in [9.17, 15) is 25.6 Å². The normalized spacial score (nSPS) is 17.3. The lowest BCUT2D eigenvalue weighted by molar-refractivity contribution is 0.272. The fourth-order valence-electron chi connectivity index (χ4n) is 2.68. The Morgan fingerprint density at radius 3 is 1.65 bits per heavy atom. The Morgan fingerprint density at radius 2 is 1.15 bits per heavy atom. The van der Waals surface area contributed by atoms with Gasteiger partial charge in [-0.25, -0.2) is 25.6 Å². The Bertz CT molecular complexity index is 1000. The molecule has 0 unspecified atom stereocenters. The maximum absolute atomic E-state index is 13.3. The monoisotopic (exact) mass is 402 g/mol. The zero-order valence-corrected chi connectivity index (χ0v) is 15.2. The molecule has 1 aliphatic rings. The van der Waals surface area contributed by atoms with Crippen molar-refractivity contribution in [3.8, 4) is 0 Å². The first-order chi connectivity index (χ1) is 12.2. The zero-order valence-electron chi connectivity index (χ0n) is 13.5. The highest BCUT2D eigenvalue weighted by atomic mass is 32.2. The van der Waals surface area contributed by atoms with Gasteiger partial charge in [0.2, 0.25) is 20.0 Å². The second kappa shape index (κ2) is 7.03. The highest BCUT2D eigenvalue weighted by Crippen LogP contribution is 2.22. The lowest BCUT2D eigenvalue weighted by Gasteiger charge is -2.33. The van der Waals surface area contributed by atoms with Crippen LogP contribution in [0.4, 0.5) is 8.78 Å². The molecule has 0 saturated carbocycles. The molecular formula is C16H16F2N2O4S2. The summed E-state index contributed by atoms with van der Waals surface area (Å²) in [5, 5.41) is 0. The Labute approximate surface area is 150 Å². The van der Waals surface area contributed by atoms with E-state index in [2.05, 4.69) is 0 Å². The number of benzene rings is 2. The molecule has 1 aliphatic heterocycles. The van der Waals surface area contributed by atoms with Gasteiger partial charge in [-0.15, -0.1) is 0 Å². The van der Waals surface area contributed by atoms with Crippen LogP contribution in [0.1, 0.15) is 0 Å². The van der Waals surface area contributed by atoms with E-state index in [1.807, 2.05) is 0 Å². The highest BCUT2D eigenvalue weighted by molar-refractivity contribution is 7.89. The van der Waals surface area contributed by atoms with Crippen molar-refractivity contribution in [1.29, 1.82) is 0 Å². The van der Waals surface area contributed by atoms with Crippen LogP contribution in [-0.4, -0.2) is 51.6 Å². The van der Waals surface area contributed by atoms with Gasteiger partial charge < -0.3 is 0 Å². The second-order valence-corrected chi connectivity index (χ2v) is 9.57. The van der Waals surface area contributed by atoms with Gasteiger partial charge in [-0.3, -0.25) is 0 Å². The van der Waals surface area contributed by atoms with E-state index in [1.165, 1.54) is 16.4 Å². The van der Waals surface area contributed by atoms with Gasteiger partial charge in [0.15, 0.2) is 11.6 Å². The van der Waals surface area contributed by atoms with E-state index in [0.717, 1.165) is 16.4 Å². The van der Waals surface area contributed by atoms with Crippen molar-refractivity contribution >= 4 is 20.0 Å². The molecule has 140 valence electrons. The summed E-state index contributed by atoms with van der Waals surface area (Å²) in [5.41, 5.74) is 0. The standard InChI is InChI=1S/C16H16F2N2O4S2/c17-15-7-6-14(12-16(15)18)26(23,24)20-10-8-19(9-11-20)25(21,22)13-4-2-1-3-5-13/h1-7,12H,8-11H2. The van der Waals surface area contributed by atoms with Gasteiger partial charge >= 0.3 is 0 Å². The number of nitrogens with zero attached hydrogens (tertiary/aromatic N) is 2. The van der Waals surface area contributed by atoms with Gasteiger partial charge in [0.1, 0.15) is 0 Å². The largest absolute Gasteiger partial charge is 0.243 e. The van der Waals surface area contributed by atoms with E-state index >= 15 is 0 Å². The molecule has 10 heteroatoms. The molecular weight excluding hydrogens is 386 g/mol. The third-order valence-corrected chi connectivity index (χ3v) is 7.91. The van der Waals surface area contributed by atoms with Crippen molar-refractivity contribution in [1.82, 2.24) is 8.61 Å². The molecule has 0 aromatic heterocycles. The number of hydrogen-bond donors (Lipinski definition) is 0. The van der Waals surface area contributed by atoms with E-state index < -0.39 is 31.7 Å². The van der Waals surface area contributed by atoms with Gasteiger partial charge in [0, 0.05) is 26.2 Å². The molecule has 1 heterocycles. The smallest absolute Gasteiger partial charge is 0.207 e. The summed E-state index contributed by atoms with van der Waals surface area (Å²) in [5.74, 6) is -2.39. The van der Waals surface area contributed by atoms with Crippen molar-refractivity contribution in [2.24, 2.45) is 0 Å². The van der Waals surface area contributed by atoms with Crippen LogP contribution in [-0.2, 0) is 20.0 Å². The molecule has 2 aromatic rings. The van der Waals surface area contributed by atoms with Crippen LogP contribution in [0.2, 0.25) is 0 Å². The summed E-state index contributed by atoms with van der Waals surface area (Å²) < 4.78 is 78.8. The van der Waals surface area contributed by atoms with E-state index in [1.54, 1.807) is 18.2 Å². The number of halogens is 2. The maximum atomic E-state index is 13.3. The molecule has 3 rings (SSSR count). The van der Waals surface area contributed by atoms with Crippen LogP contribution in [0.3, 0.4) is 0 Å². The lowest BCUT2D eigenvalue weighted by Crippen LogP contribution is -2.50. The summed E-state index contributed by atoms with van der Waals surface area (Å²) in [4.78, 5) is -0.229. The fourth-order valence-corrected chi connectivity index (χ4v) is 5.56. The molecule has 6 nitrogen and oxygen atoms in total. The molecule has 26 heavy (non-hydrogen) atoms. The predicted octanol–water partition coefficient (Wildman–Crippen LogP) is 1.66. The average Bonchev–Trinajstić information content (AvgIpc) is 2.64. The molecule has 0 spiro atoms. The van der Waals surface area contributed by atoms with Gasteiger partial charge in [0.05, 0.1) is 9.79 Å². The van der Waals surface area contributed by atoms with Gasteiger partial charge in [0.25, 0.3) is 0 Å². The number of hydrogen-bond acceptors (Lipinski definition) is 4. The number of sulfonamides is 2. The summed E-state index contributed by atoms with van der Waals surface area (Å²) in [6.45, 7) is -0.207. The SMILES string of the molecule is O=S(=O)(c1ccccc1)N1CCN(S(=O)(=O)c2ccc(F)c(F)c2)CC1. The van der Waals surface area contributed by atoms with Crippen LogP contribution in [0.25, 0.3) is 0 Å². The van der Waals surface area contributed by atoms with Crippen molar-refractivity contribution in [3.63, 3.8) is 0 Å². The molecule has 2 aromatic carbocycles. The minimum absolute atomic E-state index is 0.0276. The zero-order chi connectivity index (χ0) is 18.9. The Hall–Kier alpha value is -1.88. The predicted molar refractivity (Wildman–Crippen MR) is 90.3 cm³/mol. The Balaban J connectivity index is 1.77. The highest BCUT2D eigenvalue weighted by Gasteiger charge is 2.33. The summed E-state index contributed by atoms with van der Waals surface area (Å²) in [6, 6.07) is 10.2. The number of rotatable bonds is 4. The second-order valence-electron chi connectivity index (χ2n) is 5.70. The van der Waals surface area contributed by atoms with Crippen LogP contribution >= 0.6 is 0 Å². The molecule has 1 fully saturated rings. The van der Waals surface area contributed by atoms with Crippen molar-refractivity contribution in [3.05, 3.63) is 60.2 Å². The minimum atomic E-state index is -4.03. The molecule has 0 amide bonds. The first-order valence-electron chi connectivity index (χ1n) is 7.73. The van der Waals surface area contributed by atoms with E-state index in [0.29, 0.717) is 6.07 Å². The van der Waals surface area contributed by atoms with Gasteiger partial charge in [-0.1, -0.05) is 18.2 Å². The molecule has 0 bridgehead atoms. The number of piperazine rings is 1. The lowest BCUT2D eigenvalue weighted by atomic mass is 10.3. The average molecular weight is 402 g/mol. The third-order valence-electron chi connectivity index (χ3n) is 4.11. The summed E-state index contributed by atoms with van der Waals surface area (Å²) >= 11 is 0. The van der Waals surface area contributed by atoms with Crippen LogP contribution in [0.15, 0.2) is 58.3 Å². The molecule has 1 saturated heterocycles. The Morgan fingerprint density at radius 1 is 0.654 bits per heavy atom. The summed E-state index contributed by atoms with van der Waals surface area (Å²) in [6.07, 6.45) is 0. The van der Waals surface area contributed by atoms with E-state index in [4.69, 9.17) is 0 Å². The molecule has 0 N–H and O–H groups in total. The van der Waals surface area contributed by atoms with Crippen molar-refractivity contribution in [2.45, 2.75) is 9.79 Å². The summed E-state index contributed by atoms with van der Waals surface area (Å²) in [7, 11) is -7.74. The Kier molecular flexibility index (Phi) is 5.11. The molecule has 0 atom stereocenters.